The molecule has 2 atom stereocenters. The molecular formula is C14H13F3N2O2. The third-order valence-corrected chi connectivity index (χ3v) is 3.50. The van der Waals surface area contributed by atoms with E-state index >= 15 is 0 Å². The van der Waals surface area contributed by atoms with Crippen molar-refractivity contribution in [1.82, 2.24) is 0 Å². The number of amides is 1. The lowest BCUT2D eigenvalue weighted by atomic mass is 10.1. The van der Waals surface area contributed by atoms with E-state index in [0.29, 0.717) is 6.42 Å². The van der Waals surface area contributed by atoms with Crippen molar-refractivity contribution < 1.29 is 23.1 Å². The highest BCUT2D eigenvalue weighted by Crippen LogP contribution is 2.40. The van der Waals surface area contributed by atoms with Crippen LogP contribution in [0.25, 0.3) is 4.85 Å². The van der Waals surface area contributed by atoms with Crippen LogP contribution in [-0.4, -0.2) is 23.2 Å². The molecule has 2 rings (SSSR count). The zero-order valence-corrected chi connectivity index (χ0v) is 11.2. The van der Waals surface area contributed by atoms with Gasteiger partial charge in [-0.1, -0.05) is 6.07 Å². The largest absolute Gasteiger partial charge is 0.407 e. The van der Waals surface area contributed by atoms with Crippen LogP contribution < -0.4 is 4.90 Å². The maximum atomic E-state index is 13.0. The minimum absolute atomic E-state index is 0.0584. The Labute approximate surface area is 119 Å². The second-order valence-corrected chi connectivity index (χ2v) is 4.92. The molecule has 0 saturated carbocycles. The quantitative estimate of drug-likeness (QED) is 0.853. The van der Waals surface area contributed by atoms with Gasteiger partial charge in [-0.15, -0.1) is 0 Å². The van der Waals surface area contributed by atoms with Gasteiger partial charge >= 0.3 is 6.18 Å². The fourth-order valence-corrected chi connectivity index (χ4v) is 2.50. The highest BCUT2D eigenvalue weighted by Gasteiger charge is 2.38. The summed E-state index contributed by atoms with van der Waals surface area (Å²) in [5.74, 6) is -0.329. The first-order chi connectivity index (χ1) is 9.75. The van der Waals surface area contributed by atoms with E-state index in [1.54, 1.807) is 0 Å². The van der Waals surface area contributed by atoms with Crippen LogP contribution in [0.5, 0.6) is 0 Å². The average Bonchev–Trinajstić information content (AvgIpc) is 2.79. The minimum atomic E-state index is -4.67. The molecule has 0 radical (unpaired) electrons. The Morgan fingerprint density at radius 2 is 2.14 bits per heavy atom. The summed E-state index contributed by atoms with van der Waals surface area (Å²) in [6.45, 7) is 8.29. The molecular weight excluding hydrogens is 285 g/mol. The summed E-state index contributed by atoms with van der Waals surface area (Å²) in [6, 6.07) is 2.61. The van der Waals surface area contributed by atoms with E-state index < -0.39 is 29.6 Å². The molecule has 21 heavy (non-hydrogen) atoms. The third kappa shape index (κ3) is 2.85. The summed E-state index contributed by atoms with van der Waals surface area (Å²) in [6.07, 6.45) is -4.94. The molecule has 1 saturated heterocycles. The first-order valence-corrected chi connectivity index (χ1v) is 6.34. The molecule has 1 amide bonds. The zero-order valence-electron chi connectivity index (χ0n) is 11.2. The number of hydrogen-bond donors (Lipinski definition) is 1. The van der Waals surface area contributed by atoms with Gasteiger partial charge in [0.25, 0.3) is 0 Å². The van der Waals surface area contributed by atoms with Crippen molar-refractivity contribution in [2.24, 2.45) is 0 Å². The number of rotatable bonds is 2. The molecule has 1 heterocycles. The van der Waals surface area contributed by atoms with Crippen LogP contribution in [0.15, 0.2) is 18.2 Å². The topological polar surface area (TPSA) is 44.9 Å². The van der Waals surface area contributed by atoms with Gasteiger partial charge in [0.15, 0.2) is 5.69 Å². The number of carbonyl (C=O) groups is 1. The number of nitrogens with zero attached hydrogens (tertiary/aromatic N) is 2. The second kappa shape index (κ2) is 5.37. The molecule has 0 aromatic heterocycles. The summed E-state index contributed by atoms with van der Waals surface area (Å²) in [5.41, 5.74) is -1.52. The average molecular weight is 298 g/mol. The molecule has 1 aromatic rings. The van der Waals surface area contributed by atoms with Gasteiger partial charge in [0.2, 0.25) is 5.91 Å². The highest BCUT2D eigenvalue weighted by atomic mass is 19.4. The normalized spacial score (nSPS) is 20.5. The fraction of sp³-hybridized carbons (Fsp3) is 0.429. The first kappa shape index (κ1) is 15.3. The van der Waals surface area contributed by atoms with Crippen LogP contribution in [0, 0.1) is 6.57 Å². The Kier molecular flexibility index (Phi) is 3.92. The maximum Gasteiger partial charge on any atom is 0.407 e. The molecule has 1 aliphatic heterocycles. The molecule has 0 unspecified atom stereocenters. The Morgan fingerprint density at radius 3 is 2.67 bits per heavy atom. The van der Waals surface area contributed by atoms with E-state index in [1.165, 1.54) is 17.9 Å². The molecule has 1 N–H and O–H groups in total. The maximum absolute atomic E-state index is 13.0. The van der Waals surface area contributed by atoms with Crippen molar-refractivity contribution in [2.75, 3.05) is 4.90 Å². The summed E-state index contributed by atoms with van der Waals surface area (Å²) >= 11 is 0. The minimum Gasteiger partial charge on any atom is -0.391 e. The number of halogens is 3. The van der Waals surface area contributed by atoms with Crippen molar-refractivity contribution in [3.63, 3.8) is 0 Å². The van der Waals surface area contributed by atoms with Gasteiger partial charge in [0.1, 0.15) is 0 Å². The van der Waals surface area contributed by atoms with Crippen LogP contribution in [-0.2, 0) is 11.0 Å². The monoisotopic (exact) mass is 298 g/mol. The number of aliphatic hydroxyl groups excluding tert-OH is 1. The molecule has 112 valence electrons. The standard InChI is InChI=1S/C14H13F3N2O2/c1-8(20)12-5-6-13(21)19(12)9-3-4-11(18-2)10(7-9)14(15,16)17/h3-4,7-8,12,20H,5-6H2,1H3/t8-,12-/m1/s1. The summed E-state index contributed by atoms with van der Waals surface area (Å²) in [4.78, 5) is 15.9. The van der Waals surface area contributed by atoms with E-state index in [2.05, 4.69) is 4.85 Å². The van der Waals surface area contributed by atoms with Crippen molar-refractivity contribution in [1.29, 1.82) is 0 Å². The van der Waals surface area contributed by atoms with E-state index in [4.69, 9.17) is 6.57 Å². The first-order valence-electron chi connectivity index (χ1n) is 6.34. The van der Waals surface area contributed by atoms with Gasteiger partial charge < -0.3 is 10.0 Å². The molecule has 1 fully saturated rings. The Morgan fingerprint density at radius 1 is 1.48 bits per heavy atom. The number of aliphatic hydroxyl groups is 1. The summed E-state index contributed by atoms with van der Waals surface area (Å²) < 4.78 is 38.9. The number of hydrogen-bond acceptors (Lipinski definition) is 2. The van der Waals surface area contributed by atoms with Crippen LogP contribution in [0.2, 0.25) is 0 Å². The summed E-state index contributed by atoms with van der Waals surface area (Å²) in [7, 11) is 0. The summed E-state index contributed by atoms with van der Waals surface area (Å²) in [5, 5.41) is 9.67. The van der Waals surface area contributed by atoms with Gasteiger partial charge in [-0.2, -0.15) is 13.2 Å². The van der Waals surface area contributed by atoms with Crippen molar-refractivity contribution in [2.45, 2.75) is 38.1 Å². The lowest BCUT2D eigenvalue weighted by molar-refractivity contribution is -0.136. The molecule has 1 aliphatic rings. The van der Waals surface area contributed by atoms with Crippen molar-refractivity contribution in [3.8, 4) is 0 Å². The van der Waals surface area contributed by atoms with Gasteiger partial charge in [0, 0.05) is 12.1 Å². The van der Waals surface area contributed by atoms with E-state index in [9.17, 15) is 23.1 Å². The zero-order chi connectivity index (χ0) is 15.8. The second-order valence-electron chi connectivity index (χ2n) is 4.92. The highest BCUT2D eigenvalue weighted by molar-refractivity contribution is 5.96. The van der Waals surface area contributed by atoms with E-state index in [-0.39, 0.29) is 18.0 Å². The predicted molar refractivity (Wildman–Crippen MR) is 69.9 cm³/mol. The number of benzene rings is 1. The fourth-order valence-electron chi connectivity index (χ4n) is 2.50. The van der Waals surface area contributed by atoms with Crippen LogP contribution >= 0.6 is 0 Å². The SMILES string of the molecule is [C-]#[N+]c1ccc(N2C(=O)CC[C@@H]2[C@@H](C)O)cc1C(F)(F)F. The van der Waals surface area contributed by atoms with Gasteiger partial charge in [-0.3, -0.25) is 4.79 Å². The molecule has 0 spiro atoms. The molecule has 1 aromatic carbocycles. The van der Waals surface area contributed by atoms with Gasteiger partial charge in [-0.25, -0.2) is 4.85 Å². The lowest BCUT2D eigenvalue weighted by Gasteiger charge is -2.27. The van der Waals surface area contributed by atoms with Crippen LogP contribution in [0.3, 0.4) is 0 Å². The van der Waals surface area contributed by atoms with E-state index in [0.717, 1.165) is 12.1 Å². The number of alkyl halides is 3. The van der Waals surface area contributed by atoms with Crippen LogP contribution in [0.4, 0.5) is 24.5 Å². The lowest BCUT2D eigenvalue weighted by Crippen LogP contribution is -2.40. The van der Waals surface area contributed by atoms with Gasteiger partial charge in [0.05, 0.1) is 24.3 Å². The van der Waals surface area contributed by atoms with E-state index in [1.807, 2.05) is 0 Å². The Bertz CT molecular complexity index is 605. The Balaban J connectivity index is 2.50. The Hall–Kier alpha value is -2.07. The van der Waals surface area contributed by atoms with Gasteiger partial charge in [-0.05, 0) is 25.5 Å². The predicted octanol–water partition coefficient (Wildman–Crippen LogP) is 3.13. The van der Waals surface area contributed by atoms with Crippen molar-refractivity contribution >= 4 is 17.3 Å². The molecule has 4 nitrogen and oxygen atoms in total. The third-order valence-electron chi connectivity index (χ3n) is 3.50. The van der Waals surface area contributed by atoms with Crippen LogP contribution in [0.1, 0.15) is 25.3 Å². The molecule has 0 aliphatic carbocycles. The molecule has 0 bridgehead atoms. The number of anilines is 1. The molecule has 7 heteroatoms. The van der Waals surface area contributed by atoms with Crippen molar-refractivity contribution in [3.05, 3.63) is 35.2 Å². The smallest absolute Gasteiger partial charge is 0.391 e. The number of carbonyl (C=O) groups excluding carboxylic acids is 1.